The van der Waals surface area contributed by atoms with Gasteiger partial charge < -0.3 is 30.9 Å². The van der Waals surface area contributed by atoms with E-state index in [9.17, 15) is 14.8 Å². The highest BCUT2D eigenvalue weighted by Crippen LogP contribution is 2.33. The van der Waals surface area contributed by atoms with E-state index >= 15 is 0 Å². The number of benzene rings is 2. The number of rotatable bonds is 8. The third-order valence-electron chi connectivity index (χ3n) is 5.14. The summed E-state index contributed by atoms with van der Waals surface area (Å²) in [5, 5.41) is 12.1. The Morgan fingerprint density at radius 2 is 1.81 bits per heavy atom. The molecule has 3 rings (SSSR count). The van der Waals surface area contributed by atoms with Gasteiger partial charge in [0.1, 0.15) is 5.82 Å². The summed E-state index contributed by atoms with van der Waals surface area (Å²) in [4.78, 5) is 32.9. The third kappa shape index (κ3) is 6.12. The Morgan fingerprint density at radius 3 is 2.46 bits per heavy atom. The van der Waals surface area contributed by atoms with Gasteiger partial charge in [-0.05, 0) is 36.8 Å². The number of nitrogens with two attached hydrogens (primary N) is 2. The van der Waals surface area contributed by atoms with E-state index in [-0.39, 0.29) is 23.9 Å². The monoisotopic (exact) mass is 503 g/mol. The number of aromatic nitrogens is 2. The van der Waals surface area contributed by atoms with Crippen LogP contribution < -0.4 is 20.9 Å². The van der Waals surface area contributed by atoms with Gasteiger partial charge in [0, 0.05) is 29.3 Å². The predicted octanol–water partition coefficient (Wildman–Crippen LogP) is 2.22. The molecule has 0 saturated carbocycles. The maximum atomic E-state index is 12.9. The number of ether oxygens (including phenoxy) is 3. The molecule has 0 aliphatic rings. The summed E-state index contributed by atoms with van der Waals surface area (Å²) < 4.78 is 15.8. The van der Waals surface area contributed by atoms with Gasteiger partial charge in [-0.3, -0.25) is 4.79 Å². The van der Waals surface area contributed by atoms with Crippen molar-refractivity contribution in [2.24, 2.45) is 5.16 Å². The predicted molar refractivity (Wildman–Crippen MR) is 136 cm³/mol. The number of carbonyl (C=O) groups excluding carboxylic acids is 2. The Hall–Kier alpha value is -5.11. The number of Topliss-reactive ketones (excluding diaryl/α,β-unsaturated/α-hetero) is 1. The van der Waals surface area contributed by atoms with Crippen LogP contribution in [0.5, 0.6) is 11.5 Å². The second-order valence-electron chi connectivity index (χ2n) is 7.49. The van der Waals surface area contributed by atoms with Gasteiger partial charge in [-0.1, -0.05) is 29.1 Å². The number of nitrogens with zero attached hydrogens (tertiary/aromatic N) is 3. The van der Waals surface area contributed by atoms with Crippen LogP contribution in [0.1, 0.15) is 39.5 Å². The van der Waals surface area contributed by atoms with Gasteiger partial charge in [0.05, 0.1) is 26.4 Å². The van der Waals surface area contributed by atoms with Gasteiger partial charge in [-0.25, -0.2) is 9.78 Å². The van der Waals surface area contributed by atoms with Crippen LogP contribution in [0.2, 0.25) is 0 Å². The fourth-order valence-corrected chi connectivity index (χ4v) is 3.44. The number of oxime groups is 1. The Bertz CT molecular complexity index is 1420. The molecule has 0 fully saturated rings. The van der Waals surface area contributed by atoms with E-state index in [4.69, 9.17) is 25.7 Å². The first-order chi connectivity index (χ1) is 17.8. The van der Waals surface area contributed by atoms with E-state index in [1.165, 1.54) is 20.3 Å². The highest BCUT2D eigenvalue weighted by molar-refractivity contribution is 6.67. The second-order valence-corrected chi connectivity index (χ2v) is 7.49. The Kier molecular flexibility index (Phi) is 8.62. The highest BCUT2D eigenvalue weighted by atomic mass is 16.5. The van der Waals surface area contributed by atoms with Crippen LogP contribution in [0.3, 0.4) is 0 Å². The molecule has 190 valence electrons. The molecule has 0 aliphatic heterocycles. The summed E-state index contributed by atoms with van der Waals surface area (Å²) in [7, 11) is 2.98. The van der Waals surface area contributed by atoms with Crippen LogP contribution in [0.15, 0.2) is 47.8 Å². The minimum Gasteiger partial charge on any atom is -0.493 e. The standard InChI is InChI=1S/C26H25N5O6/c1-4-37-25(33)21(31-34)22(32)19-8-6-5-7-16(19)9-10-17-11-15(13-20(35-2)23(17)36-3)12-18-14-29-26(28)30-24(18)27/h5-8,11,13-14,34H,4,12H2,1-3H3,(H4,27,28,29,30). The van der Waals surface area contributed by atoms with Gasteiger partial charge >= 0.3 is 5.97 Å². The number of carbonyl (C=O) groups is 2. The Morgan fingerprint density at radius 1 is 1.08 bits per heavy atom. The molecule has 0 spiro atoms. The van der Waals surface area contributed by atoms with Crippen LogP contribution in [0.4, 0.5) is 11.8 Å². The summed E-state index contributed by atoms with van der Waals surface area (Å²) in [5.74, 6) is 5.21. The fraction of sp³-hybridized carbons (Fsp3) is 0.192. The first-order valence-electron chi connectivity index (χ1n) is 11.0. The van der Waals surface area contributed by atoms with E-state index in [0.717, 1.165) is 5.56 Å². The number of esters is 1. The van der Waals surface area contributed by atoms with Crippen molar-refractivity contribution in [1.29, 1.82) is 0 Å². The van der Waals surface area contributed by atoms with E-state index in [2.05, 4.69) is 27.0 Å². The summed E-state index contributed by atoms with van der Waals surface area (Å²) in [6, 6.07) is 9.91. The molecule has 11 heteroatoms. The molecule has 0 bridgehead atoms. The number of hydrogen-bond acceptors (Lipinski definition) is 11. The Labute approximate surface area is 213 Å². The zero-order chi connectivity index (χ0) is 26.9. The molecule has 0 unspecified atom stereocenters. The average Bonchev–Trinajstić information content (AvgIpc) is 2.89. The summed E-state index contributed by atoms with van der Waals surface area (Å²) in [6.45, 7) is 1.58. The van der Waals surface area contributed by atoms with Crippen molar-refractivity contribution in [3.8, 4) is 23.3 Å². The molecule has 11 nitrogen and oxygen atoms in total. The molecule has 2 aromatic carbocycles. The summed E-state index contributed by atoms with van der Waals surface area (Å²) >= 11 is 0. The lowest BCUT2D eigenvalue weighted by Gasteiger charge is -2.13. The largest absolute Gasteiger partial charge is 0.493 e. The number of methoxy groups -OCH3 is 2. The molecular weight excluding hydrogens is 478 g/mol. The molecule has 0 atom stereocenters. The maximum Gasteiger partial charge on any atom is 0.364 e. The molecule has 37 heavy (non-hydrogen) atoms. The van der Waals surface area contributed by atoms with Crippen LogP contribution in [-0.2, 0) is 16.0 Å². The quantitative estimate of drug-likeness (QED) is 0.0787. The molecular formula is C26H25N5O6. The smallest absolute Gasteiger partial charge is 0.364 e. The maximum absolute atomic E-state index is 12.9. The molecule has 3 aromatic rings. The van der Waals surface area contributed by atoms with Crippen molar-refractivity contribution in [3.63, 3.8) is 0 Å². The van der Waals surface area contributed by atoms with E-state index in [1.807, 2.05) is 0 Å². The molecule has 0 amide bonds. The lowest BCUT2D eigenvalue weighted by Crippen LogP contribution is -2.27. The van der Waals surface area contributed by atoms with Gasteiger partial charge in [-0.15, -0.1) is 0 Å². The van der Waals surface area contributed by atoms with Crippen molar-refractivity contribution in [2.45, 2.75) is 13.3 Å². The zero-order valence-corrected chi connectivity index (χ0v) is 20.4. The first-order valence-corrected chi connectivity index (χ1v) is 11.0. The van der Waals surface area contributed by atoms with Gasteiger partial charge in [-0.2, -0.15) is 4.98 Å². The lowest BCUT2D eigenvalue weighted by molar-refractivity contribution is -0.135. The van der Waals surface area contributed by atoms with Gasteiger partial charge in [0.15, 0.2) is 11.5 Å². The van der Waals surface area contributed by atoms with Crippen molar-refractivity contribution in [1.82, 2.24) is 9.97 Å². The second kappa shape index (κ2) is 12.0. The normalized spacial score (nSPS) is 10.7. The summed E-state index contributed by atoms with van der Waals surface area (Å²) in [6.07, 6.45) is 1.91. The fourth-order valence-electron chi connectivity index (χ4n) is 3.44. The third-order valence-corrected chi connectivity index (χ3v) is 5.14. The highest BCUT2D eigenvalue weighted by Gasteiger charge is 2.25. The molecule has 0 aliphatic carbocycles. The Balaban J connectivity index is 2.05. The molecule has 1 heterocycles. The molecule has 0 radical (unpaired) electrons. The molecule has 1 aromatic heterocycles. The van der Waals surface area contributed by atoms with E-state index < -0.39 is 17.5 Å². The van der Waals surface area contributed by atoms with Crippen LogP contribution in [-0.4, -0.2) is 53.5 Å². The number of nitrogen functional groups attached to an aromatic ring is 2. The van der Waals surface area contributed by atoms with E-state index in [1.54, 1.807) is 43.5 Å². The number of anilines is 2. The molecule has 0 saturated heterocycles. The number of hydrogen-bond donors (Lipinski definition) is 3. The first kappa shape index (κ1) is 26.5. The average molecular weight is 504 g/mol. The lowest BCUT2D eigenvalue weighted by atomic mass is 9.99. The van der Waals surface area contributed by atoms with Crippen molar-refractivity contribution >= 4 is 29.2 Å². The van der Waals surface area contributed by atoms with Gasteiger partial charge in [0.25, 0.3) is 0 Å². The van der Waals surface area contributed by atoms with Crippen LogP contribution in [0.25, 0.3) is 0 Å². The SMILES string of the molecule is CCOC(=O)C(=NO)C(=O)c1ccccc1C#Cc1cc(Cc2cnc(N)nc2N)cc(OC)c1OC. The van der Waals surface area contributed by atoms with E-state index in [0.29, 0.717) is 34.6 Å². The molecule has 5 N–H and O–H groups in total. The zero-order valence-electron chi connectivity index (χ0n) is 20.4. The van der Waals surface area contributed by atoms with Crippen molar-refractivity contribution < 1.29 is 29.0 Å². The number of ketones is 1. The minimum atomic E-state index is -1.04. The van der Waals surface area contributed by atoms with Crippen molar-refractivity contribution in [2.75, 3.05) is 32.3 Å². The van der Waals surface area contributed by atoms with Gasteiger partial charge in [0.2, 0.25) is 17.4 Å². The van der Waals surface area contributed by atoms with Crippen LogP contribution in [0, 0.1) is 11.8 Å². The van der Waals surface area contributed by atoms with Crippen LogP contribution >= 0.6 is 0 Å². The minimum absolute atomic E-state index is 0.0126. The topological polar surface area (TPSA) is 172 Å². The summed E-state index contributed by atoms with van der Waals surface area (Å²) in [5.41, 5.74) is 13.1. The van der Waals surface area contributed by atoms with Crippen molar-refractivity contribution in [3.05, 3.63) is 70.4 Å².